The van der Waals surface area contributed by atoms with Gasteiger partial charge in [-0.1, -0.05) is 58.4 Å². The highest BCUT2D eigenvalue weighted by atomic mass is 79.9. The second-order valence-electron chi connectivity index (χ2n) is 6.14. The van der Waals surface area contributed by atoms with Crippen LogP contribution < -0.4 is 10.1 Å². The average molecular weight is 427 g/mol. The first-order chi connectivity index (χ1) is 13.0. The third-order valence-electron chi connectivity index (χ3n) is 4.66. The zero-order chi connectivity index (χ0) is 19.1. The van der Waals surface area contributed by atoms with Gasteiger partial charge >= 0.3 is 5.70 Å². The molecular weight excluding hydrogens is 412 g/mol. The van der Waals surface area contributed by atoms with E-state index in [0.717, 1.165) is 20.8 Å². The van der Waals surface area contributed by atoms with Gasteiger partial charge in [0, 0.05) is 17.1 Å². The molecular formula is C20H15BrN2O4. The molecule has 0 saturated carbocycles. The van der Waals surface area contributed by atoms with Gasteiger partial charge in [0.05, 0.1) is 4.92 Å². The Labute approximate surface area is 163 Å². The lowest BCUT2D eigenvalue weighted by Gasteiger charge is -2.28. The number of aromatic hydroxyl groups is 1. The molecule has 27 heavy (non-hydrogen) atoms. The van der Waals surface area contributed by atoms with Crippen LogP contribution in [0.4, 0.5) is 0 Å². The summed E-state index contributed by atoms with van der Waals surface area (Å²) >= 11 is 3.52. The van der Waals surface area contributed by atoms with E-state index in [-0.39, 0.29) is 23.1 Å². The number of nitrogens with zero attached hydrogens (tertiary/aromatic N) is 1. The fourth-order valence-electron chi connectivity index (χ4n) is 3.54. The number of hydrogen-bond acceptors (Lipinski definition) is 5. The monoisotopic (exact) mass is 426 g/mol. The van der Waals surface area contributed by atoms with E-state index in [2.05, 4.69) is 21.2 Å². The van der Waals surface area contributed by atoms with E-state index < -0.39 is 10.8 Å². The Morgan fingerprint density at radius 3 is 2.59 bits per heavy atom. The maximum atomic E-state index is 12.0. The molecule has 0 spiro atoms. The van der Waals surface area contributed by atoms with Crippen molar-refractivity contribution < 1.29 is 14.8 Å². The topological polar surface area (TPSA) is 84.6 Å². The molecule has 136 valence electrons. The predicted octanol–water partition coefficient (Wildman–Crippen LogP) is 4.50. The smallest absolute Gasteiger partial charge is 0.317 e. The fraction of sp³-hybridized carbons (Fsp3) is 0.100. The summed E-state index contributed by atoms with van der Waals surface area (Å²) < 4.78 is 6.49. The van der Waals surface area contributed by atoms with Crippen molar-refractivity contribution in [3.63, 3.8) is 0 Å². The van der Waals surface area contributed by atoms with Gasteiger partial charge < -0.3 is 15.2 Å². The lowest BCUT2D eigenvalue weighted by atomic mass is 9.83. The number of hydrogen-bond donors (Lipinski definition) is 2. The number of nitro groups is 1. The minimum absolute atomic E-state index is 0.0128. The number of phenolic OH excluding ortho intramolecular Hbond substituents is 1. The molecule has 3 aromatic carbocycles. The summed E-state index contributed by atoms with van der Waals surface area (Å²) in [4.78, 5) is 11.6. The molecule has 2 N–H and O–H groups in total. The Balaban J connectivity index is 2.15. The van der Waals surface area contributed by atoms with E-state index in [1.54, 1.807) is 13.1 Å². The second kappa shape index (κ2) is 6.59. The molecule has 1 unspecified atom stereocenters. The molecule has 1 heterocycles. The standard InChI is InChI=1S/C20H15BrN2O4/c1-22-20-18(23(25)26)16(13-8-4-5-9-14(13)21)17-12-7-3-2-6-11(12)10-15(24)19(17)27-20/h2-10,16,22,24H,1H3. The zero-order valence-electron chi connectivity index (χ0n) is 14.3. The fourth-order valence-corrected chi connectivity index (χ4v) is 4.05. The Hall–Kier alpha value is -3.06. The van der Waals surface area contributed by atoms with Crippen LogP contribution >= 0.6 is 15.9 Å². The van der Waals surface area contributed by atoms with Gasteiger partial charge in [0.1, 0.15) is 5.92 Å². The van der Waals surface area contributed by atoms with Crippen molar-refractivity contribution in [1.82, 2.24) is 5.32 Å². The van der Waals surface area contributed by atoms with Crippen LogP contribution in [0, 0.1) is 10.1 Å². The summed E-state index contributed by atoms with van der Waals surface area (Å²) in [7, 11) is 1.55. The largest absolute Gasteiger partial charge is 0.504 e. The van der Waals surface area contributed by atoms with E-state index in [1.165, 1.54) is 0 Å². The Kier molecular flexibility index (Phi) is 4.24. The molecule has 0 radical (unpaired) electrons. The quantitative estimate of drug-likeness (QED) is 0.475. The molecule has 1 atom stereocenters. The van der Waals surface area contributed by atoms with Crippen molar-refractivity contribution in [3.8, 4) is 11.5 Å². The van der Waals surface area contributed by atoms with Crippen LogP contribution in [0.3, 0.4) is 0 Å². The number of phenols is 1. The number of rotatable bonds is 3. The van der Waals surface area contributed by atoms with Crippen LogP contribution in [0.2, 0.25) is 0 Å². The maximum absolute atomic E-state index is 12.0. The summed E-state index contributed by atoms with van der Waals surface area (Å²) in [5, 5.41) is 26.9. The number of ether oxygens (including phenoxy) is 1. The van der Waals surface area contributed by atoms with Crippen molar-refractivity contribution >= 4 is 26.7 Å². The highest BCUT2D eigenvalue weighted by Gasteiger charge is 2.42. The molecule has 4 rings (SSSR count). The highest BCUT2D eigenvalue weighted by molar-refractivity contribution is 9.10. The molecule has 6 nitrogen and oxygen atoms in total. The lowest BCUT2D eigenvalue weighted by Crippen LogP contribution is -2.28. The molecule has 0 bridgehead atoms. The van der Waals surface area contributed by atoms with Crippen molar-refractivity contribution in [2.45, 2.75) is 5.92 Å². The SMILES string of the molecule is CNC1=C([N+](=O)[O-])C(c2ccccc2Br)c2c(c(O)cc3ccccc23)O1. The minimum Gasteiger partial charge on any atom is -0.504 e. The summed E-state index contributed by atoms with van der Waals surface area (Å²) in [6.45, 7) is 0. The number of nitrogens with one attached hydrogen (secondary N) is 1. The van der Waals surface area contributed by atoms with Crippen molar-refractivity contribution in [1.29, 1.82) is 0 Å². The third-order valence-corrected chi connectivity index (χ3v) is 5.38. The van der Waals surface area contributed by atoms with Gasteiger partial charge in [-0.05, 0) is 28.5 Å². The van der Waals surface area contributed by atoms with Crippen molar-refractivity contribution in [3.05, 3.63) is 91.9 Å². The van der Waals surface area contributed by atoms with Gasteiger partial charge in [0.25, 0.3) is 5.88 Å². The molecule has 0 fully saturated rings. The Bertz CT molecular complexity index is 1110. The summed E-state index contributed by atoms with van der Waals surface area (Å²) in [6, 6.07) is 16.4. The summed E-state index contributed by atoms with van der Waals surface area (Å²) in [6.07, 6.45) is 0. The molecule has 0 aromatic heterocycles. The predicted molar refractivity (Wildman–Crippen MR) is 105 cm³/mol. The van der Waals surface area contributed by atoms with E-state index in [9.17, 15) is 15.2 Å². The van der Waals surface area contributed by atoms with Crippen LogP contribution in [0.1, 0.15) is 17.0 Å². The van der Waals surface area contributed by atoms with Gasteiger partial charge in [-0.3, -0.25) is 10.1 Å². The van der Waals surface area contributed by atoms with Crippen LogP contribution in [0.25, 0.3) is 10.8 Å². The second-order valence-corrected chi connectivity index (χ2v) is 6.99. The highest BCUT2D eigenvalue weighted by Crippen LogP contribution is 2.51. The van der Waals surface area contributed by atoms with Gasteiger partial charge in [0.2, 0.25) is 0 Å². The maximum Gasteiger partial charge on any atom is 0.317 e. The average Bonchev–Trinajstić information content (AvgIpc) is 2.67. The van der Waals surface area contributed by atoms with Gasteiger partial charge in [-0.15, -0.1) is 0 Å². The Morgan fingerprint density at radius 1 is 1.19 bits per heavy atom. The van der Waals surface area contributed by atoms with E-state index in [1.807, 2.05) is 48.5 Å². The minimum atomic E-state index is -0.723. The van der Waals surface area contributed by atoms with Crippen LogP contribution in [0.5, 0.6) is 11.5 Å². The van der Waals surface area contributed by atoms with Crippen molar-refractivity contribution in [2.75, 3.05) is 7.05 Å². The van der Waals surface area contributed by atoms with Gasteiger partial charge in [0.15, 0.2) is 11.5 Å². The lowest BCUT2D eigenvalue weighted by molar-refractivity contribution is -0.432. The van der Waals surface area contributed by atoms with Gasteiger partial charge in [-0.25, -0.2) is 0 Å². The number of allylic oxidation sites excluding steroid dienone is 1. The first-order valence-electron chi connectivity index (χ1n) is 8.26. The van der Waals surface area contributed by atoms with E-state index in [4.69, 9.17) is 4.74 Å². The molecule has 3 aromatic rings. The van der Waals surface area contributed by atoms with Crippen LogP contribution in [-0.2, 0) is 0 Å². The zero-order valence-corrected chi connectivity index (χ0v) is 15.9. The summed E-state index contributed by atoms with van der Waals surface area (Å²) in [5.41, 5.74) is 1.19. The van der Waals surface area contributed by atoms with Gasteiger partial charge in [-0.2, -0.15) is 0 Å². The Morgan fingerprint density at radius 2 is 1.89 bits per heavy atom. The molecule has 1 aliphatic heterocycles. The third kappa shape index (κ3) is 2.71. The van der Waals surface area contributed by atoms with Crippen LogP contribution in [0.15, 0.2) is 70.7 Å². The number of halogens is 1. The summed E-state index contributed by atoms with van der Waals surface area (Å²) in [5.74, 6) is -0.544. The molecule has 7 heteroatoms. The normalized spacial score (nSPS) is 16.0. The molecule has 0 saturated heterocycles. The molecule has 0 amide bonds. The molecule has 0 aliphatic carbocycles. The first kappa shape index (κ1) is 17.4. The number of benzene rings is 3. The van der Waals surface area contributed by atoms with Crippen molar-refractivity contribution in [2.24, 2.45) is 0 Å². The molecule has 1 aliphatic rings. The van der Waals surface area contributed by atoms with E-state index in [0.29, 0.717) is 5.56 Å². The first-order valence-corrected chi connectivity index (χ1v) is 9.05. The van der Waals surface area contributed by atoms with Crippen LogP contribution in [-0.4, -0.2) is 17.1 Å². The van der Waals surface area contributed by atoms with E-state index >= 15 is 0 Å². The number of fused-ring (bicyclic) bond motifs is 3.